The fourth-order valence-corrected chi connectivity index (χ4v) is 5.00. The molecule has 5 rings (SSSR count). The number of ether oxygens (including phenoxy) is 1. The molecule has 0 unspecified atom stereocenters. The van der Waals surface area contributed by atoms with Crippen LogP contribution in [0.15, 0.2) is 54.7 Å². The number of likely N-dealkylation sites (tertiary alicyclic amines) is 1. The molecule has 1 aromatic heterocycles. The quantitative estimate of drug-likeness (QED) is 0.673. The van der Waals surface area contributed by atoms with Crippen LogP contribution in [0.25, 0.3) is 11.3 Å². The zero-order valence-corrected chi connectivity index (χ0v) is 18.8. The minimum atomic E-state index is -0.767. The summed E-state index contributed by atoms with van der Waals surface area (Å²) in [7, 11) is 1.97. The summed E-state index contributed by atoms with van der Waals surface area (Å²) in [6, 6.07) is 15.7. The molecule has 32 heavy (non-hydrogen) atoms. The first-order chi connectivity index (χ1) is 15.3. The second-order valence-electron chi connectivity index (χ2n) is 9.60. The number of amides is 1. The molecule has 2 aromatic carbocycles. The molecule has 0 bridgehead atoms. The fourth-order valence-electron chi connectivity index (χ4n) is 5.00. The predicted molar refractivity (Wildman–Crippen MR) is 125 cm³/mol. The van der Waals surface area contributed by atoms with E-state index in [4.69, 9.17) is 4.74 Å². The van der Waals surface area contributed by atoms with Crippen LogP contribution in [0.2, 0.25) is 0 Å². The van der Waals surface area contributed by atoms with Gasteiger partial charge in [-0.05, 0) is 43.7 Å². The van der Waals surface area contributed by atoms with Gasteiger partial charge < -0.3 is 14.7 Å². The first kappa shape index (κ1) is 20.8. The molecule has 0 aliphatic carbocycles. The van der Waals surface area contributed by atoms with Crippen molar-refractivity contribution < 1.29 is 16.1 Å². The monoisotopic (exact) mass is 433 g/mol. The van der Waals surface area contributed by atoms with E-state index in [1.165, 1.54) is 0 Å². The molecule has 1 amide bonds. The van der Waals surface area contributed by atoms with Gasteiger partial charge in [-0.15, -0.1) is 0 Å². The number of hydrogen-bond donors (Lipinski definition) is 1. The van der Waals surface area contributed by atoms with Gasteiger partial charge in [0.05, 0.1) is 17.5 Å². The number of aryl methyl sites for hydroxylation is 1. The topological polar surface area (TPSA) is 67.6 Å². The highest BCUT2D eigenvalue weighted by Gasteiger charge is 2.45. The molecule has 1 saturated heterocycles. The summed E-state index contributed by atoms with van der Waals surface area (Å²) in [6.45, 7) is 4.82. The van der Waals surface area contributed by atoms with Crippen LogP contribution in [-0.2, 0) is 19.1 Å². The molecule has 6 nitrogen and oxygen atoms in total. The maximum absolute atomic E-state index is 13.1. The number of nitrogens with zero attached hydrogens (tertiary/aromatic N) is 3. The second kappa shape index (κ2) is 7.48. The Morgan fingerprint density at radius 3 is 2.53 bits per heavy atom. The van der Waals surface area contributed by atoms with Crippen molar-refractivity contribution in [2.75, 3.05) is 13.1 Å². The Kier molecular flexibility index (Phi) is 4.86. The Balaban J connectivity index is 0.00000259. The van der Waals surface area contributed by atoms with Crippen LogP contribution in [-0.4, -0.2) is 44.4 Å². The molecule has 3 aromatic rings. The van der Waals surface area contributed by atoms with E-state index in [9.17, 15) is 9.90 Å². The van der Waals surface area contributed by atoms with E-state index >= 15 is 0 Å². The average Bonchev–Trinajstić information content (AvgIpc) is 3.16. The van der Waals surface area contributed by atoms with Gasteiger partial charge in [-0.1, -0.05) is 24.3 Å². The van der Waals surface area contributed by atoms with Crippen molar-refractivity contribution in [1.29, 1.82) is 0 Å². The molecular formula is C26H31N3O3. The highest BCUT2D eigenvalue weighted by atomic mass is 16.5. The zero-order valence-electron chi connectivity index (χ0n) is 18.8. The smallest absolute Gasteiger partial charge is 0.253 e. The normalized spacial score (nSPS) is 16.9. The number of carbonyl (C=O) groups excluding carboxylic acids is 1. The number of carbonyl (C=O) groups is 1. The fraction of sp³-hybridized carbons (Fsp3) is 0.385. The van der Waals surface area contributed by atoms with Crippen molar-refractivity contribution in [2.45, 2.75) is 44.3 Å². The maximum Gasteiger partial charge on any atom is 0.253 e. The standard InChI is InChI=1S/C26H29N3O3.H2/c1-25(2,31)16-18-8-10-19(11-9-18)24(30)29-14-12-26(13-15-29)21-17-27-28(3)23(21)20-6-4-5-7-22(20)32-26;/h4-11,17,31H,12-16H2,1-3H3;1H. The lowest BCUT2D eigenvalue weighted by molar-refractivity contribution is -0.00172. The molecule has 0 atom stereocenters. The number of hydrogen-bond acceptors (Lipinski definition) is 4. The van der Waals surface area contributed by atoms with Crippen LogP contribution < -0.4 is 4.74 Å². The third-order valence-corrected chi connectivity index (χ3v) is 6.57. The van der Waals surface area contributed by atoms with Crippen LogP contribution >= 0.6 is 0 Å². The number of aromatic nitrogens is 2. The zero-order chi connectivity index (χ0) is 22.5. The van der Waals surface area contributed by atoms with Gasteiger partial charge in [0.1, 0.15) is 11.4 Å². The highest BCUT2D eigenvalue weighted by Crippen LogP contribution is 2.49. The number of para-hydroxylation sites is 1. The SMILES string of the molecule is Cn1ncc2c1-c1ccccc1OC21CCN(C(=O)c2ccc(CC(C)(C)O)cc2)CC1.[HH]. The predicted octanol–water partition coefficient (Wildman–Crippen LogP) is 4.17. The van der Waals surface area contributed by atoms with Crippen molar-refractivity contribution in [1.82, 2.24) is 14.7 Å². The van der Waals surface area contributed by atoms with E-state index in [1.54, 1.807) is 13.8 Å². The van der Waals surface area contributed by atoms with E-state index < -0.39 is 11.2 Å². The summed E-state index contributed by atoms with van der Waals surface area (Å²) < 4.78 is 8.50. The second-order valence-corrected chi connectivity index (χ2v) is 9.60. The van der Waals surface area contributed by atoms with Gasteiger partial charge in [0, 0.05) is 57.5 Å². The lowest BCUT2D eigenvalue weighted by atomic mass is 9.81. The van der Waals surface area contributed by atoms with Crippen LogP contribution in [0, 0.1) is 0 Å². The van der Waals surface area contributed by atoms with Gasteiger partial charge >= 0.3 is 0 Å². The van der Waals surface area contributed by atoms with Crippen LogP contribution in [0.3, 0.4) is 0 Å². The molecule has 1 N–H and O–H groups in total. The molecule has 0 saturated carbocycles. The van der Waals surface area contributed by atoms with Crippen molar-refractivity contribution >= 4 is 5.91 Å². The summed E-state index contributed by atoms with van der Waals surface area (Å²) in [6.07, 6.45) is 3.93. The molecule has 2 aliphatic heterocycles. The molecule has 1 fully saturated rings. The summed E-state index contributed by atoms with van der Waals surface area (Å²) >= 11 is 0. The summed E-state index contributed by atoms with van der Waals surface area (Å²) in [5, 5.41) is 14.5. The minimum Gasteiger partial charge on any atom is -0.482 e. The third kappa shape index (κ3) is 3.58. The Hall–Kier alpha value is -3.12. The van der Waals surface area contributed by atoms with Crippen molar-refractivity contribution in [3.05, 3.63) is 71.4 Å². The summed E-state index contributed by atoms with van der Waals surface area (Å²) in [5.74, 6) is 0.919. The lowest BCUT2D eigenvalue weighted by Crippen LogP contribution is -2.49. The van der Waals surface area contributed by atoms with E-state index in [0.717, 1.165) is 41.0 Å². The average molecular weight is 434 g/mol. The largest absolute Gasteiger partial charge is 0.482 e. The van der Waals surface area contributed by atoms with Crippen molar-refractivity contribution in [3.8, 4) is 17.0 Å². The van der Waals surface area contributed by atoms with Gasteiger partial charge in [-0.3, -0.25) is 9.48 Å². The van der Waals surface area contributed by atoms with E-state index in [2.05, 4.69) is 11.2 Å². The van der Waals surface area contributed by atoms with Crippen molar-refractivity contribution in [2.24, 2.45) is 7.05 Å². The Bertz CT molecular complexity index is 1160. The van der Waals surface area contributed by atoms with Gasteiger partial charge in [0.2, 0.25) is 0 Å². The highest BCUT2D eigenvalue weighted by molar-refractivity contribution is 5.94. The van der Waals surface area contributed by atoms with Crippen LogP contribution in [0.1, 0.15) is 49.6 Å². The van der Waals surface area contributed by atoms with Gasteiger partial charge in [0.25, 0.3) is 5.91 Å². The Morgan fingerprint density at radius 2 is 1.84 bits per heavy atom. The lowest BCUT2D eigenvalue weighted by Gasteiger charge is -2.44. The summed E-state index contributed by atoms with van der Waals surface area (Å²) in [4.78, 5) is 15.0. The maximum atomic E-state index is 13.1. The van der Waals surface area contributed by atoms with E-state index in [-0.39, 0.29) is 7.33 Å². The van der Waals surface area contributed by atoms with Crippen LogP contribution in [0.5, 0.6) is 5.75 Å². The summed E-state index contributed by atoms with van der Waals surface area (Å²) in [5.41, 5.74) is 3.76. The van der Waals surface area contributed by atoms with Gasteiger partial charge in [0.15, 0.2) is 0 Å². The molecular weight excluding hydrogens is 402 g/mol. The third-order valence-electron chi connectivity index (χ3n) is 6.57. The van der Waals surface area contributed by atoms with Crippen LogP contribution in [0.4, 0.5) is 0 Å². The Morgan fingerprint density at radius 1 is 1.16 bits per heavy atom. The number of fused-ring (bicyclic) bond motifs is 4. The van der Waals surface area contributed by atoms with Gasteiger partial charge in [-0.2, -0.15) is 5.10 Å². The molecule has 0 radical (unpaired) electrons. The van der Waals surface area contributed by atoms with E-state index in [0.29, 0.717) is 25.1 Å². The number of piperidine rings is 1. The van der Waals surface area contributed by atoms with E-state index in [1.807, 2.05) is 65.3 Å². The molecule has 3 heterocycles. The first-order valence-corrected chi connectivity index (χ1v) is 11.2. The molecule has 2 aliphatic rings. The molecule has 168 valence electrons. The van der Waals surface area contributed by atoms with Crippen molar-refractivity contribution in [3.63, 3.8) is 0 Å². The number of rotatable bonds is 3. The molecule has 6 heteroatoms. The molecule has 1 spiro atoms. The number of aliphatic hydroxyl groups is 1. The van der Waals surface area contributed by atoms with Gasteiger partial charge in [-0.25, -0.2) is 0 Å². The Labute approximate surface area is 189 Å². The first-order valence-electron chi connectivity index (χ1n) is 11.2. The minimum absolute atomic E-state index is 0. The number of benzene rings is 2.